The SMILES string of the molecule is CCN1CCNC(CC)(CC)C1. The van der Waals surface area contributed by atoms with Crippen molar-refractivity contribution in [2.45, 2.75) is 39.2 Å². The Morgan fingerprint density at radius 3 is 2.42 bits per heavy atom. The van der Waals surface area contributed by atoms with Crippen LogP contribution in [0.25, 0.3) is 0 Å². The normalized spacial score (nSPS) is 24.2. The van der Waals surface area contributed by atoms with Gasteiger partial charge in [-0.25, -0.2) is 0 Å². The van der Waals surface area contributed by atoms with Gasteiger partial charge in [0.05, 0.1) is 0 Å². The first-order valence-corrected chi connectivity index (χ1v) is 5.23. The predicted molar refractivity (Wildman–Crippen MR) is 53.4 cm³/mol. The van der Waals surface area contributed by atoms with Gasteiger partial charge in [0, 0.05) is 25.2 Å². The Bertz CT molecular complexity index is 130. The van der Waals surface area contributed by atoms with Crippen LogP contribution in [0, 0.1) is 0 Å². The molecular weight excluding hydrogens is 148 g/mol. The number of piperazine rings is 1. The Morgan fingerprint density at radius 2 is 1.92 bits per heavy atom. The molecule has 0 aromatic heterocycles. The van der Waals surface area contributed by atoms with Gasteiger partial charge in [0.25, 0.3) is 0 Å². The molecule has 72 valence electrons. The van der Waals surface area contributed by atoms with Gasteiger partial charge in [-0.05, 0) is 19.4 Å². The van der Waals surface area contributed by atoms with Crippen LogP contribution in [-0.4, -0.2) is 36.6 Å². The molecule has 1 saturated heterocycles. The van der Waals surface area contributed by atoms with Gasteiger partial charge in [-0.3, -0.25) is 0 Å². The summed E-state index contributed by atoms with van der Waals surface area (Å²) < 4.78 is 0. The zero-order chi connectivity index (χ0) is 9.03. The molecule has 0 aromatic rings. The molecule has 0 unspecified atom stereocenters. The molecule has 0 atom stereocenters. The molecule has 1 heterocycles. The zero-order valence-electron chi connectivity index (χ0n) is 8.69. The molecule has 0 aliphatic carbocycles. The standard InChI is InChI=1S/C10H22N2/c1-4-10(5-2)9-12(6-3)8-7-11-10/h11H,4-9H2,1-3H3. The van der Waals surface area contributed by atoms with Crippen LogP contribution in [0.3, 0.4) is 0 Å². The molecule has 1 fully saturated rings. The number of likely N-dealkylation sites (N-methyl/N-ethyl adjacent to an activating group) is 1. The second kappa shape index (κ2) is 4.24. The molecule has 1 aliphatic heterocycles. The van der Waals surface area contributed by atoms with Crippen molar-refractivity contribution in [3.8, 4) is 0 Å². The maximum absolute atomic E-state index is 3.65. The van der Waals surface area contributed by atoms with E-state index in [9.17, 15) is 0 Å². The first-order chi connectivity index (χ1) is 5.76. The lowest BCUT2D eigenvalue weighted by Crippen LogP contribution is -2.59. The number of nitrogens with one attached hydrogen (secondary N) is 1. The van der Waals surface area contributed by atoms with Crippen LogP contribution in [0.2, 0.25) is 0 Å². The zero-order valence-corrected chi connectivity index (χ0v) is 8.69. The Balaban J connectivity index is 2.52. The van der Waals surface area contributed by atoms with Gasteiger partial charge >= 0.3 is 0 Å². The van der Waals surface area contributed by atoms with Crippen LogP contribution in [0.15, 0.2) is 0 Å². The van der Waals surface area contributed by atoms with Crippen LogP contribution in [-0.2, 0) is 0 Å². The summed E-state index contributed by atoms with van der Waals surface area (Å²) in [5.74, 6) is 0. The minimum Gasteiger partial charge on any atom is -0.309 e. The highest BCUT2D eigenvalue weighted by molar-refractivity contribution is 4.92. The summed E-state index contributed by atoms with van der Waals surface area (Å²) in [5, 5.41) is 3.65. The fraction of sp³-hybridized carbons (Fsp3) is 1.00. The van der Waals surface area contributed by atoms with Crippen LogP contribution in [0.4, 0.5) is 0 Å². The molecule has 1 rings (SSSR count). The van der Waals surface area contributed by atoms with E-state index in [4.69, 9.17) is 0 Å². The van der Waals surface area contributed by atoms with E-state index in [0.29, 0.717) is 5.54 Å². The molecule has 1 aliphatic rings. The van der Waals surface area contributed by atoms with Gasteiger partial charge in [0.1, 0.15) is 0 Å². The maximum atomic E-state index is 3.65. The summed E-state index contributed by atoms with van der Waals surface area (Å²) in [5.41, 5.74) is 0.411. The highest BCUT2D eigenvalue weighted by Gasteiger charge is 2.30. The summed E-state index contributed by atoms with van der Waals surface area (Å²) in [7, 11) is 0. The first-order valence-electron chi connectivity index (χ1n) is 5.23. The summed E-state index contributed by atoms with van der Waals surface area (Å²) in [6.07, 6.45) is 2.50. The van der Waals surface area contributed by atoms with Crippen molar-refractivity contribution in [3.05, 3.63) is 0 Å². The third-order valence-corrected chi connectivity index (χ3v) is 3.26. The molecule has 12 heavy (non-hydrogen) atoms. The van der Waals surface area contributed by atoms with Crippen molar-refractivity contribution < 1.29 is 0 Å². The quantitative estimate of drug-likeness (QED) is 0.690. The number of rotatable bonds is 3. The van der Waals surface area contributed by atoms with Crippen LogP contribution in [0.5, 0.6) is 0 Å². The molecule has 0 radical (unpaired) electrons. The minimum atomic E-state index is 0.411. The Labute approximate surface area is 76.3 Å². The average molecular weight is 170 g/mol. The van der Waals surface area contributed by atoms with Gasteiger partial charge in [-0.15, -0.1) is 0 Å². The first kappa shape index (κ1) is 10.0. The van der Waals surface area contributed by atoms with Crippen molar-refractivity contribution >= 4 is 0 Å². The summed E-state index contributed by atoms with van der Waals surface area (Å²) >= 11 is 0. The largest absolute Gasteiger partial charge is 0.309 e. The third-order valence-electron chi connectivity index (χ3n) is 3.26. The minimum absolute atomic E-state index is 0.411. The third kappa shape index (κ3) is 1.99. The van der Waals surface area contributed by atoms with Crippen molar-refractivity contribution in [3.63, 3.8) is 0 Å². The van der Waals surface area contributed by atoms with E-state index in [1.807, 2.05) is 0 Å². The van der Waals surface area contributed by atoms with E-state index < -0.39 is 0 Å². The second-order valence-corrected chi connectivity index (χ2v) is 3.78. The monoisotopic (exact) mass is 170 g/mol. The fourth-order valence-electron chi connectivity index (χ4n) is 2.04. The van der Waals surface area contributed by atoms with Gasteiger partial charge in [0.15, 0.2) is 0 Å². The summed E-state index contributed by atoms with van der Waals surface area (Å²) in [4.78, 5) is 2.55. The predicted octanol–water partition coefficient (Wildman–Crippen LogP) is 1.47. The van der Waals surface area contributed by atoms with E-state index in [1.54, 1.807) is 0 Å². The second-order valence-electron chi connectivity index (χ2n) is 3.78. The van der Waals surface area contributed by atoms with Crippen LogP contribution in [0.1, 0.15) is 33.6 Å². The molecule has 2 nitrogen and oxygen atoms in total. The van der Waals surface area contributed by atoms with Crippen molar-refractivity contribution in [1.29, 1.82) is 0 Å². The number of hydrogen-bond acceptors (Lipinski definition) is 2. The molecule has 1 N–H and O–H groups in total. The van der Waals surface area contributed by atoms with Gasteiger partial charge in [-0.2, -0.15) is 0 Å². The number of nitrogens with zero attached hydrogens (tertiary/aromatic N) is 1. The van der Waals surface area contributed by atoms with Gasteiger partial charge < -0.3 is 10.2 Å². The van der Waals surface area contributed by atoms with E-state index in [-0.39, 0.29) is 0 Å². The van der Waals surface area contributed by atoms with Crippen molar-refractivity contribution in [2.24, 2.45) is 0 Å². The molecule has 0 spiro atoms. The van der Waals surface area contributed by atoms with Crippen molar-refractivity contribution in [1.82, 2.24) is 10.2 Å². The Kier molecular flexibility index (Phi) is 3.53. The smallest absolute Gasteiger partial charge is 0.0304 e. The van der Waals surface area contributed by atoms with Gasteiger partial charge in [0.2, 0.25) is 0 Å². The highest BCUT2D eigenvalue weighted by atomic mass is 15.2. The Hall–Kier alpha value is -0.0800. The fourth-order valence-corrected chi connectivity index (χ4v) is 2.04. The van der Waals surface area contributed by atoms with E-state index >= 15 is 0 Å². The summed E-state index contributed by atoms with van der Waals surface area (Å²) in [6.45, 7) is 11.6. The topological polar surface area (TPSA) is 15.3 Å². The maximum Gasteiger partial charge on any atom is 0.0304 e. The van der Waals surface area contributed by atoms with Crippen LogP contribution >= 0.6 is 0 Å². The molecule has 0 aromatic carbocycles. The summed E-state index contributed by atoms with van der Waals surface area (Å²) in [6, 6.07) is 0. The molecule has 0 saturated carbocycles. The van der Waals surface area contributed by atoms with E-state index in [0.717, 1.165) is 6.54 Å². The van der Waals surface area contributed by atoms with Crippen LogP contribution < -0.4 is 5.32 Å². The molecule has 0 amide bonds. The lowest BCUT2D eigenvalue weighted by atomic mass is 9.90. The highest BCUT2D eigenvalue weighted by Crippen LogP contribution is 2.19. The van der Waals surface area contributed by atoms with E-state index in [2.05, 4.69) is 31.0 Å². The lowest BCUT2D eigenvalue weighted by Gasteiger charge is -2.42. The molecule has 0 bridgehead atoms. The molecule has 2 heteroatoms. The average Bonchev–Trinajstić information content (AvgIpc) is 2.18. The van der Waals surface area contributed by atoms with Crippen molar-refractivity contribution in [2.75, 3.05) is 26.2 Å². The van der Waals surface area contributed by atoms with Gasteiger partial charge in [-0.1, -0.05) is 20.8 Å². The molecular formula is C10H22N2. The number of hydrogen-bond donors (Lipinski definition) is 1. The lowest BCUT2D eigenvalue weighted by molar-refractivity contribution is 0.129. The Morgan fingerprint density at radius 1 is 1.25 bits per heavy atom. The van der Waals surface area contributed by atoms with E-state index in [1.165, 1.54) is 32.5 Å².